The van der Waals surface area contributed by atoms with Crippen LogP contribution in [0.15, 0.2) is 18.2 Å². The van der Waals surface area contributed by atoms with Crippen LogP contribution in [0.4, 0.5) is 5.69 Å². The highest BCUT2D eigenvalue weighted by Crippen LogP contribution is 2.22. The van der Waals surface area contributed by atoms with Crippen molar-refractivity contribution in [2.75, 3.05) is 31.6 Å². The van der Waals surface area contributed by atoms with E-state index < -0.39 is 0 Å². The van der Waals surface area contributed by atoms with Crippen LogP contribution in [0.25, 0.3) is 0 Å². The zero-order valence-electron chi connectivity index (χ0n) is 15.7. The molecule has 1 heterocycles. The van der Waals surface area contributed by atoms with Gasteiger partial charge in [0.25, 0.3) is 5.91 Å². The van der Waals surface area contributed by atoms with E-state index in [1.807, 2.05) is 13.0 Å². The predicted molar refractivity (Wildman–Crippen MR) is 98.7 cm³/mol. The van der Waals surface area contributed by atoms with Crippen molar-refractivity contribution in [3.63, 3.8) is 0 Å². The van der Waals surface area contributed by atoms with Crippen LogP contribution in [0.2, 0.25) is 0 Å². The summed E-state index contributed by atoms with van der Waals surface area (Å²) in [6.07, 6.45) is 3.61. The van der Waals surface area contributed by atoms with Crippen LogP contribution in [-0.2, 0) is 27.2 Å². The number of hydrogen-bond donors (Lipinski definition) is 2. The second-order valence-corrected chi connectivity index (χ2v) is 6.68. The summed E-state index contributed by atoms with van der Waals surface area (Å²) in [5, 5.41) is 3.12. The van der Waals surface area contributed by atoms with E-state index in [9.17, 15) is 9.59 Å². The number of quaternary nitrogens is 1. The lowest BCUT2D eigenvalue weighted by molar-refractivity contribution is -0.899. The molecule has 1 unspecified atom stereocenters. The number of aryl methyl sites for hydroxylation is 2. The molecule has 138 valence electrons. The first-order chi connectivity index (χ1) is 12.1. The number of likely N-dealkylation sites (tertiary alicyclic amines) is 1. The summed E-state index contributed by atoms with van der Waals surface area (Å²) in [6.45, 7) is 8.46. The highest BCUT2D eigenvalue weighted by Gasteiger charge is 2.30. The third-order valence-corrected chi connectivity index (χ3v) is 4.91. The summed E-state index contributed by atoms with van der Waals surface area (Å²) in [5.41, 5.74) is 3.31. The van der Waals surface area contributed by atoms with Crippen LogP contribution in [0.3, 0.4) is 0 Å². The van der Waals surface area contributed by atoms with Gasteiger partial charge in [0.15, 0.2) is 6.54 Å². The predicted octanol–water partition coefficient (Wildman–Crippen LogP) is 1.61. The monoisotopic (exact) mass is 347 g/mol. The van der Waals surface area contributed by atoms with Gasteiger partial charge >= 0.3 is 5.97 Å². The molecule has 0 radical (unpaired) electrons. The van der Waals surface area contributed by atoms with Gasteiger partial charge in [0.1, 0.15) is 5.92 Å². The van der Waals surface area contributed by atoms with Gasteiger partial charge in [-0.1, -0.05) is 32.0 Å². The van der Waals surface area contributed by atoms with Crippen molar-refractivity contribution < 1.29 is 19.2 Å². The van der Waals surface area contributed by atoms with Gasteiger partial charge in [-0.05, 0) is 43.7 Å². The fraction of sp³-hybridized carbons (Fsp3) is 0.600. The number of carbonyl (C=O) groups excluding carboxylic acids is 2. The molecular formula is C20H31N2O3+. The average molecular weight is 347 g/mol. The molecular weight excluding hydrogens is 316 g/mol. The van der Waals surface area contributed by atoms with Crippen LogP contribution in [0.5, 0.6) is 0 Å². The standard InChI is InChI=1S/C20H30N2O3/c1-4-15-9-7-10-16(5-2)19(15)21-18(23)14-22-12-8-11-17(13-22)20(24)25-6-3/h7,9-10,17H,4-6,8,11-14H2,1-3H3,(H,21,23)/p+1/t17-/m0/s1. The lowest BCUT2D eigenvalue weighted by Crippen LogP contribution is -3.14. The lowest BCUT2D eigenvalue weighted by atomic mass is 9.98. The molecule has 2 N–H and O–H groups in total. The highest BCUT2D eigenvalue weighted by atomic mass is 16.5. The smallest absolute Gasteiger partial charge is 0.314 e. The Morgan fingerprint density at radius 1 is 1.20 bits per heavy atom. The molecule has 0 spiro atoms. The van der Waals surface area contributed by atoms with Crippen LogP contribution < -0.4 is 10.2 Å². The van der Waals surface area contributed by atoms with Crippen LogP contribution >= 0.6 is 0 Å². The molecule has 5 nitrogen and oxygen atoms in total. The van der Waals surface area contributed by atoms with Gasteiger partial charge in [-0.3, -0.25) is 9.59 Å². The molecule has 1 amide bonds. The van der Waals surface area contributed by atoms with E-state index in [1.54, 1.807) is 0 Å². The molecule has 1 aliphatic heterocycles. The number of hydrogen-bond acceptors (Lipinski definition) is 3. The summed E-state index contributed by atoms with van der Waals surface area (Å²) in [7, 11) is 0. The summed E-state index contributed by atoms with van der Waals surface area (Å²) in [5.74, 6) is -0.176. The Kier molecular flexibility index (Phi) is 7.44. The zero-order chi connectivity index (χ0) is 18.2. The SMILES string of the molecule is CCOC(=O)[C@H]1CCC[NH+](CC(=O)Nc2c(CC)cccc2CC)C1. The molecule has 0 bridgehead atoms. The molecule has 25 heavy (non-hydrogen) atoms. The van der Waals surface area contributed by atoms with Crippen molar-refractivity contribution in [2.45, 2.75) is 46.5 Å². The van der Waals surface area contributed by atoms with Crippen molar-refractivity contribution >= 4 is 17.6 Å². The molecule has 0 aromatic heterocycles. The topological polar surface area (TPSA) is 59.8 Å². The second kappa shape index (κ2) is 9.56. The Balaban J connectivity index is 1.97. The Bertz CT molecular complexity index is 578. The van der Waals surface area contributed by atoms with Crippen molar-refractivity contribution in [3.8, 4) is 0 Å². The minimum atomic E-state index is -0.121. The Morgan fingerprint density at radius 2 is 1.88 bits per heavy atom. The summed E-state index contributed by atoms with van der Waals surface area (Å²) in [4.78, 5) is 25.7. The van der Waals surface area contributed by atoms with Gasteiger partial charge in [0.2, 0.25) is 0 Å². The zero-order valence-corrected chi connectivity index (χ0v) is 15.7. The van der Waals surface area contributed by atoms with Crippen molar-refractivity contribution in [3.05, 3.63) is 29.3 Å². The van der Waals surface area contributed by atoms with E-state index in [0.29, 0.717) is 19.7 Å². The first kappa shape index (κ1) is 19.4. The maximum absolute atomic E-state index is 12.6. The first-order valence-electron chi connectivity index (χ1n) is 9.49. The summed E-state index contributed by atoms with van der Waals surface area (Å²) < 4.78 is 5.14. The highest BCUT2D eigenvalue weighted by molar-refractivity contribution is 5.93. The molecule has 0 aliphatic carbocycles. The Hall–Kier alpha value is -1.88. The molecule has 1 fully saturated rings. The van der Waals surface area contributed by atoms with E-state index in [1.165, 1.54) is 11.1 Å². The van der Waals surface area contributed by atoms with Crippen LogP contribution in [0, 0.1) is 5.92 Å². The molecule has 1 aromatic carbocycles. The van der Waals surface area contributed by atoms with Gasteiger partial charge in [0.05, 0.1) is 19.7 Å². The Labute approximate surface area is 150 Å². The average Bonchev–Trinajstić information content (AvgIpc) is 2.62. The Morgan fingerprint density at radius 3 is 2.48 bits per heavy atom. The van der Waals surface area contributed by atoms with E-state index in [4.69, 9.17) is 4.74 Å². The fourth-order valence-corrected chi connectivity index (χ4v) is 3.59. The van der Waals surface area contributed by atoms with E-state index in [0.717, 1.165) is 42.8 Å². The fourth-order valence-electron chi connectivity index (χ4n) is 3.59. The number of carbonyl (C=O) groups is 2. The third-order valence-electron chi connectivity index (χ3n) is 4.91. The minimum absolute atomic E-state index is 0.0232. The van der Waals surface area contributed by atoms with Gasteiger partial charge in [-0.2, -0.15) is 0 Å². The van der Waals surface area contributed by atoms with E-state index in [2.05, 4.69) is 31.3 Å². The van der Waals surface area contributed by atoms with Crippen molar-refractivity contribution in [1.82, 2.24) is 0 Å². The van der Waals surface area contributed by atoms with Crippen molar-refractivity contribution in [2.24, 2.45) is 5.92 Å². The molecule has 2 atom stereocenters. The number of esters is 1. The first-order valence-corrected chi connectivity index (χ1v) is 9.49. The number of para-hydroxylation sites is 1. The summed E-state index contributed by atoms with van der Waals surface area (Å²) >= 11 is 0. The van der Waals surface area contributed by atoms with Crippen LogP contribution in [-0.4, -0.2) is 38.1 Å². The largest absolute Gasteiger partial charge is 0.466 e. The number of nitrogens with one attached hydrogen (secondary N) is 2. The van der Waals surface area contributed by atoms with Gasteiger partial charge in [-0.15, -0.1) is 0 Å². The molecule has 5 heteroatoms. The molecule has 1 aliphatic rings. The number of ether oxygens (including phenoxy) is 1. The minimum Gasteiger partial charge on any atom is -0.466 e. The molecule has 1 saturated heterocycles. The van der Waals surface area contributed by atoms with Crippen LogP contribution in [0.1, 0.15) is 44.7 Å². The van der Waals surface area contributed by atoms with Gasteiger partial charge < -0.3 is 15.0 Å². The molecule has 2 rings (SSSR count). The number of rotatable bonds is 7. The normalized spacial score (nSPS) is 20.1. The van der Waals surface area contributed by atoms with Crippen molar-refractivity contribution in [1.29, 1.82) is 0 Å². The maximum Gasteiger partial charge on any atom is 0.314 e. The lowest BCUT2D eigenvalue weighted by Gasteiger charge is -2.28. The maximum atomic E-state index is 12.6. The quantitative estimate of drug-likeness (QED) is 0.737. The van der Waals surface area contributed by atoms with E-state index >= 15 is 0 Å². The number of piperidine rings is 1. The van der Waals surface area contributed by atoms with Gasteiger partial charge in [0, 0.05) is 5.69 Å². The van der Waals surface area contributed by atoms with Gasteiger partial charge in [-0.25, -0.2) is 0 Å². The number of benzene rings is 1. The number of anilines is 1. The van der Waals surface area contributed by atoms with E-state index in [-0.39, 0.29) is 17.8 Å². The molecule has 0 saturated carbocycles. The second-order valence-electron chi connectivity index (χ2n) is 6.68. The number of amides is 1. The third kappa shape index (κ3) is 5.30. The summed E-state index contributed by atoms with van der Waals surface area (Å²) in [6, 6.07) is 6.19. The molecule has 1 aromatic rings.